The van der Waals surface area contributed by atoms with Gasteiger partial charge in [0.2, 0.25) is 0 Å². The molecule has 2 unspecified atom stereocenters. The van der Waals surface area contributed by atoms with Crippen LogP contribution < -0.4 is 5.32 Å². The van der Waals surface area contributed by atoms with Gasteiger partial charge in [-0.3, -0.25) is 10.1 Å². The smallest absolute Gasteiger partial charge is 0.322 e. The Morgan fingerprint density at radius 1 is 1.22 bits per heavy atom. The molecule has 100 valence electrons. The summed E-state index contributed by atoms with van der Waals surface area (Å²) in [6.07, 6.45) is 0. The highest BCUT2D eigenvalue weighted by Gasteiger charge is 2.29. The average molecular weight is 249 g/mol. The van der Waals surface area contributed by atoms with Crippen LogP contribution in [-0.4, -0.2) is 19.1 Å². The number of rotatable bonds is 4. The lowest BCUT2D eigenvalue weighted by atomic mass is 9.82. The van der Waals surface area contributed by atoms with Crippen LogP contribution in [0.4, 0.5) is 0 Å². The summed E-state index contributed by atoms with van der Waals surface area (Å²) < 4.78 is 4.76. The Bertz CT molecular complexity index is 381. The second kappa shape index (κ2) is 6.01. The van der Waals surface area contributed by atoms with Crippen LogP contribution in [0.3, 0.4) is 0 Å². The summed E-state index contributed by atoms with van der Waals surface area (Å²) in [5, 5.41) is 3.35. The minimum Gasteiger partial charge on any atom is -0.468 e. The molecule has 0 radical (unpaired) electrons. The molecular formula is C15H23NO2. The number of hydrogen-bond donors (Lipinski definition) is 1. The second-order valence-corrected chi connectivity index (χ2v) is 5.62. The maximum atomic E-state index is 11.5. The van der Waals surface area contributed by atoms with E-state index < -0.39 is 0 Å². The van der Waals surface area contributed by atoms with Crippen molar-refractivity contribution in [3.05, 3.63) is 35.9 Å². The van der Waals surface area contributed by atoms with Crippen LogP contribution in [-0.2, 0) is 9.53 Å². The van der Waals surface area contributed by atoms with Gasteiger partial charge in [0.1, 0.15) is 6.04 Å². The fourth-order valence-corrected chi connectivity index (χ4v) is 1.99. The molecule has 0 fully saturated rings. The number of esters is 1. The van der Waals surface area contributed by atoms with E-state index in [1.807, 2.05) is 25.1 Å². The molecule has 0 aliphatic heterocycles. The van der Waals surface area contributed by atoms with Crippen molar-refractivity contribution in [2.24, 2.45) is 5.41 Å². The average Bonchev–Trinajstić information content (AvgIpc) is 2.34. The molecule has 1 rings (SSSR count). The summed E-state index contributed by atoms with van der Waals surface area (Å²) >= 11 is 0. The molecule has 2 atom stereocenters. The Balaban J connectivity index is 2.91. The van der Waals surface area contributed by atoms with Crippen LogP contribution in [0.1, 0.15) is 39.3 Å². The molecule has 0 heterocycles. The molecular weight excluding hydrogens is 226 g/mol. The van der Waals surface area contributed by atoms with Gasteiger partial charge in [0.15, 0.2) is 0 Å². The summed E-state index contributed by atoms with van der Waals surface area (Å²) in [4.78, 5) is 11.5. The molecule has 18 heavy (non-hydrogen) atoms. The van der Waals surface area contributed by atoms with E-state index in [-0.39, 0.29) is 23.5 Å². The maximum absolute atomic E-state index is 11.5. The number of benzene rings is 1. The fraction of sp³-hybridized carbons (Fsp3) is 0.533. The number of ether oxygens (including phenoxy) is 1. The van der Waals surface area contributed by atoms with E-state index in [2.05, 4.69) is 38.2 Å². The lowest BCUT2D eigenvalue weighted by Gasteiger charge is -2.33. The Morgan fingerprint density at radius 3 is 2.22 bits per heavy atom. The van der Waals surface area contributed by atoms with Crippen LogP contribution in [0, 0.1) is 5.41 Å². The third-order valence-electron chi connectivity index (χ3n) is 2.97. The summed E-state index contributed by atoms with van der Waals surface area (Å²) in [5.74, 6) is -0.236. The lowest BCUT2D eigenvalue weighted by molar-refractivity contribution is -0.143. The lowest BCUT2D eigenvalue weighted by Crippen LogP contribution is -2.42. The molecule has 0 saturated carbocycles. The molecule has 0 amide bonds. The van der Waals surface area contributed by atoms with Crippen molar-refractivity contribution in [1.82, 2.24) is 5.32 Å². The van der Waals surface area contributed by atoms with Crippen molar-refractivity contribution in [2.45, 2.75) is 39.8 Å². The molecule has 0 spiro atoms. The van der Waals surface area contributed by atoms with E-state index >= 15 is 0 Å². The quantitative estimate of drug-likeness (QED) is 0.834. The van der Waals surface area contributed by atoms with Crippen LogP contribution in [0.15, 0.2) is 30.3 Å². The number of methoxy groups -OCH3 is 1. The summed E-state index contributed by atoms with van der Waals surface area (Å²) in [6.45, 7) is 8.29. The van der Waals surface area contributed by atoms with Gasteiger partial charge < -0.3 is 4.74 Å². The Morgan fingerprint density at radius 2 is 1.78 bits per heavy atom. The van der Waals surface area contributed by atoms with Crippen molar-refractivity contribution in [3.8, 4) is 0 Å². The van der Waals surface area contributed by atoms with Crippen LogP contribution in [0.5, 0.6) is 0 Å². The third-order valence-corrected chi connectivity index (χ3v) is 2.97. The van der Waals surface area contributed by atoms with Gasteiger partial charge in [0.05, 0.1) is 7.11 Å². The molecule has 1 N–H and O–H groups in total. The molecule has 0 aromatic heterocycles. The first-order valence-corrected chi connectivity index (χ1v) is 6.25. The maximum Gasteiger partial charge on any atom is 0.322 e. The SMILES string of the molecule is COC(=O)C(C)NC(c1ccccc1)C(C)(C)C. The van der Waals surface area contributed by atoms with E-state index in [0.717, 1.165) is 0 Å². The molecule has 3 heteroatoms. The van der Waals surface area contributed by atoms with Crippen molar-refractivity contribution in [3.63, 3.8) is 0 Å². The minimum atomic E-state index is -0.320. The molecule has 0 aliphatic carbocycles. The van der Waals surface area contributed by atoms with Crippen LogP contribution >= 0.6 is 0 Å². The van der Waals surface area contributed by atoms with Gasteiger partial charge in [-0.1, -0.05) is 51.1 Å². The predicted octanol–water partition coefficient (Wildman–Crippen LogP) is 2.92. The number of hydrogen-bond acceptors (Lipinski definition) is 3. The number of carbonyl (C=O) groups excluding carboxylic acids is 1. The van der Waals surface area contributed by atoms with E-state index in [1.54, 1.807) is 0 Å². The summed E-state index contributed by atoms with van der Waals surface area (Å²) in [6, 6.07) is 9.96. The number of carbonyl (C=O) groups is 1. The largest absolute Gasteiger partial charge is 0.468 e. The molecule has 1 aromatic carbocycles. The van der Waals surface area contributed by atoms with E-state index in [1.165, 1.54) is 12.7 Å². The van der Waals surface area contributed by atoms with Crippen LogP contribution in [0.2, 0.25) is 0 Å². The second-order valence-electron chi connectivity index (χ2n) is 5.62. The monoisotopic (exact) mass is 249 g/mol. The van der Waals surface area contributed by atoms with Gasteiger partial charge in [-0.25, -0.2) is 0 Å². The van der Waals surface area contributed by atoms with Gasteiger partial charge in [-0.2, -0.15) is 0 Å². The zero-order valence-electron chi connectivity index (χ0n) is 11.9. The molecule has 0 saturated heterocycles. The first kappa shape index (κ1) is 14.7. The van der Waals surface area contributed by atoms with Gasteiger partial charge in [-0.05, 0) is 17.9 Å². The van der Waals surface area contributed by atoms with Gasteiger partial charge in [0, 0.05) is 6.04 Å². The highest BCUT2D eigenvalue weighted by atomic mass is 16.5. The topological polar surface area (TPSA) is 38.3 Å². The Kier molecular flexibility index (Phi) is 4.91. The minimum absolute atomic E-state index is 0.0175. The van der Waals surface area contributed by atoms with E-state index in [0.29, 0.717) is 0 Å². The van der Waals surface area contributed by atoms with Crippen molar-refractivity contribution in [2.75, 3.05) is 7.11 Å². The summed E-state index contributed by atoms with van der Waals surface area (Å²) in [5.41, 5.74) is 1.20. The van der Waals surface area contributed by atoms with E-state index in [9.17, 15) is 4.79 Å². The van der Waals surface area contributed by atoms with Gasteiger partial charge >= 0.3 is 5.97 Å². The first-order valence-electron chi connectivity index (χ1n) is 6.25. The summed E-state index contributed by atoms with van der Waals surface area (Å²) in [7, 11) is 1.41. The Labute approximate surface area is 110 Å². The highest BCUT2D eigenvalue weighted by molar-refractivity contribution is 5.75. The van der Waals surface area contributed by atoms with Crippen LogP contribution in [0.25, 0.3) is 0 Å². The zero-order chi connectivity index (χ0) is 13.8. The van der Waals surface area contributed by atoms with Gasteiger partial charge in [0.25, 0.3) is 0 Å². The van der Waals surface area contributed by atoms with Crippen molar-refractivity contribution >= 4 is 5.97 Å². The zero-order valence-corrected chi connectivity index (χ0v) is 11.9. The van der Waals surface area contributed by atoms with E-state index in [4.69, 9.17) is 4.74 Å². The first-order chi connectivity index (χ1) is 8.36. The fourth-order valence-electron chi connectivity index (χ4n) is 1.99. The normalized spacial score (nSPS) is 14.9. The standard InChI is InChI=1S/C15H23NO2/c1-11(14(17)18-5)16-13(15(2,3)4)12-9-7-6-8-10-12/h6-11,13,16H,1-5H3. The van der Waals surface area contributed by atoms with Crippen molar-refractivity contribution in [1.29, 1.82) is 0 Å². The highest BCUT2D eigenvalue weighted by Crippen LogP contribution is 2.32. The number of nitrogens with one attached hydrogen (secondary N) is 1. The van der Waals surface area contributed by atoms with Crippen molar-refractivity contribution < 1.29 is 9.53 Å². The predicted molar refractivity (Wildman–Crippen MR) is 73.3 cm³/mol. The third kappa shape index (κ3) is 3.84. The Hall–Kier alpha value is -1.35. The molecule has 0 aliphatic rings. The molecule has 3 nitrogen and oxygen atoms in total. The molecule has 0 bridgehead atoms. The van der Waals surface area contributed by atoms with Gasteiger partial charge in [-0.15, -0.1) is 0 Å². The molecule has 1 aromatic rings.